The lowest BCUT2D eigenvalue weighted by Gasteiger charge is -2.42. The smallest absolute Gasteiger partial charge is 0.508 e. The van der Waals surface area contributed by atoms with Crippen LogP contribution in [0, 0.1) is 0 Å². The van der Waals surface area contributed by atoms with Crippen LogP contribution >= 0.6 is 0 Å². The van der Waals surface area contributed by atoms with Gasteiger partial charge in [0.2, 0.25) is 0 Å². The third-order valence-corrected chi connectivity index (χ3v) is 3.33. The van der Waals surface area contributed by atoms with Crippen molar-refractivity contribution in [2.24, 2.45) is 0 Å². The largest absolute Gasteiger partial charge is 0.573 e. The van der Waals surface area contributed by atoms with E-state index in [1.807, 2.05) is 0 Å². The molecule has 0 radical (unpaired) electrons. The number of hydrogen-bond acceptors (Lipinski definition) is 3. The Balaban J connectivity index is 0.000000224. The van der Waals surface area contributed by atoms with Gasteiger partial charge >= 0.3 is 6.36 Å². The number of phenolic OH excluding ortho intramolecular Hbond substituents is 1. The van der Waals surface area contributed by atoms with E-state index >= 15 is 0 Å². The molecular formula is C16H24F3NO2. The van der Waals surface area contributed by atoms with Crippen LogP contribution in [0.1, 0.15) is 47.0 Å². The van der Waals surface area contributed by atoms with E-state index in [0.717, 1.165) is 12.1 Å². The second kappa shape index (κ2) is 6.77. The molecule has 0 bridgehead atoms. The first-order chi connectivity index (χ1) is 9.89. The minimum atomic E-state index is -4.71. The molecule has 3 nitrogen and oxygen atoms in total. The van der Waals surface area contributed by atoms with E-state index in [4.69, 9.17) is 5.11 Å². The molecule has 0 atom stereocenters. The van der Waals surface area contributed by atoms with Crippen molar-refractivity contribution in [2.75, 3.05) is 0 Å². The highest BCUT2D eigenvalue weighted by molar-refractivity contribution is 5.31. The Morgan fingerprint density at radius 2 is 1.64 bits per heavy atom. The molecule has 1 aliphatic heterocycles. The van der Waals surface area contributed by atoms with Gasteiger partial charge in [-0.05, 0) is 59.1 Å². The van der Waals surface area contributed by atoms with Crippen LogP contribution in [0.25, 0.3) is 0 Å². The van der Waals surface area contributed by atoms with Crippen molar-refractivity contribution in [3.05, 3.63) is 24.3 Å². The molecule has 2 N–H and O–H groups in total. The lowest BCUT2D eigenvalue weighted by molar-refractivity contribution is -0.274. The van der Waals surface area contributed by atoms with E-state index in [1.54, 1.807) is 0 Å². The first kappa shape index (κ1) is 18.6. The summed E-state index contributed by atoms with van der Waals surface area (Å²) in [5, 5.41) is 12.4. The average Bonchev–Trinajstić information content (AvgIpc) is 2.23. The summed E-state index contributed by atoms with van der Waals surface area (Å²) in [6.07, 6.45) is -0.715. The maximum Gasteiger partial charge on any atom is 0.573 e. The molecule has 0 unspecified atom stereocenters. The van der Waals surface area contributed by atoms with Crippen LogP contribution in [0.3, 0.4) is 0 Å². The van der Waals surface area contributed by atoms with Gasteiger partial charge in [0.15, 0.2) is 0 Å². The fourth-order valence-corrected chi connectivity index (χ4v) is 2.69. The van der Waals surface area contributed by atoms with Crippen LogP contribution in [-0.4, -0.2) is 22.5 Å². The lowest BCUT2D eigenvalue weighted by Crippen LogP contribution is -2.55. The van der Waals surface area contributed by atoms with Crippen LogP contribution in [0.15, 0.2) is 24.3 Å². The number of alkyl halides is 3. The topological polar surface area (TPSA) is 41.5 Å². The SMILES string of the molecule is CC1(C)CCCC(C)(C)N1.Oc1cccc(OC(F)(F)F)c1. The van der Waals surface area contributed by atoms with Crippen molar-refractivity contribution in [2.45, 2.75) is 64.4 Å². The van der Waals surface area contributed by atoms with E-state index in [-0.39, 0.29) is 5.75 Å². The van der Waals surface area contributed by atoms with Gasteiger partial charge in [-0.25, -0.2) is 0 Å². The Labute approximate surface area is 129 Å². The van der Waals surface area contributed by atoms with Gasteiger partial charge in [-0.2, -0.15) is 0 Å². The minimum Gasteiger partial charge on any atom is -0.508 e. The molecule has 0 saturated carbocycles. The fraction of sp³-hybridized carbons (Fsp3) is 0.625. The van der Waals surface area contributed by atoms with Crippen LogP contribution in [0.2, 0.25) is 0 Å². The number of aromatic hydroxyl groups is 1. The van der Waals surface area contributed by atoms with E-state index in [2.05, 4.69) is 37.7 Å². The van der Waals surface area contributed by atoms with Crippen LogP contribution in [-0.2, 0) is 0 Å². The predicted molar refractivity (Wildman–Crippen MR) is 79.9 cm³/mol. The van der Waals surface area contributed by atoms with Crippen molar-refractivity contribution >= 4 is 0 Å². The first-order valence-electron chi connectivity index (χ1n) is 7.23. The van der Waals surface area contributed by atoms with E-state index in [0.29, 0.717) is 11.1 Å². The summed E-state index contributed by atoms with van der Waals surface area (Å²) < 4.78 is 38.2. The second-order valence-corrected chi connectivity index (χ2v) is 6.79. The Morgan fingerprint density at radius 1 is 1.09 bits per heavy atom. The van der Waals surface area contributed by atoms with E-state index in [1.165, 1.54) is 31.4 Å². The molecular weight excluding hydrogens is 295 g/mol. The molecule has 1 aliphatic rings. The molecule has 0 aromatic heterocycles. The van der Waals surface area contributed by atoms with Gasteiger partial charge in [0.05, 0.1) is 0 Å². The normalized spacial score (nSPS) is 19.8. The highest BCUT2D eigenvalue weighted by Gasteiger charge is 2.31. The summed E-state index contributed by atoms with van der Waals surface area (Å²) in [7, 11) is 0. The highest BCUT2D eigenvalue weighted by atomic mass is 19.4. The number of benzene rings is 1. The van der Waals surface area contributed by atoms with E-state index in [9.17, 15) is 13.2 Å². The number of halogens is 3. The summed E-state index contributed by atoms with van der Waals surface area (Å²) in [4.78, 5) is 0. The molecule has 2 rings (SSSR count). The number of hydrogen-bond donors (Lipinski definition) is 2. The summed E-state index contributed by atoms with van der Waals surface area (Å²) in [5.41, 5.74) is 0.726. The quantitative estimate of drug-likeness (QED) is 0.794. The zero-order chi connectivity index (χ0) is 17.0. The number of ether oxygens (including phenoxy) is 1. The van der Waals surface area contributed by atoms with Crippen LogP contribution in [0.4, 0.5) is 13.2 Å². The number of piperidine rings is 1. The molecule has 1 fully saturated rings. The van der Waals surface area contributed by atoms with Crippen molar-refractivity contribution in [1.29, 1.82) is 0 Å². The van der Waals surface area contributed by atoms with Crippen molar-refractivity contribution < 1.29 is 23.0 Å². The molecule has 1 heterocycles. The summed E-state index contributed by atoms with van der Waals surface area (Å²) in [6, 6.07) is 4.50. The van der Waals surface area contributed by atoms with Gasteiger partial charge in [0.1, 0.15) is 11.5 Å². The highest BCUT2D eigenvalue weighted by Crippen LogP contribution is 2.27. The number of nitrogens with one attached hydrogen (secondary N) is 1. The molecule has 1 aromatic rings. The van der Waals surface area contributed by atoms with E-state index < -0.39 is 12.1 Å². The van der Waals surface area contributed by atoms with Gasteiger partial charge < -0.3 is 15.2 Å². The monoisotopic (exact) mass is 319 g/mol. The molecule has 0 amide bonds. The van der Waals surface area contributed by atoms with Gasteiger partial charge in [-0.1, -0.05) is 6.07 Å². The molecule has 126 valence electrons. The average molecular weight is 319 g/mol. The molecule has 22 heavy (non-hydrogen) atoms. The standard InChI is InChI=1S/C9H19N.C7H5F3O2/c1-8(2)6-5-7-9(3,4)10-8;8-7(9,10)12-6-3-1-2-5(11)4-6/h10H,5-7H2,1-4H3;1-4,11H. The van der Waals surface area contributed by atoms with Gasteiger partial charge in [-0.15, -0.1) is 13.2 Å². The molecule has 0 spiro atoms. The van der Waals surface area contributed by atoms with Crippen LogP contribution in [0.5, 0.6) is 11.5 Å². The zero-order valence-electron chi connectivity index (χ0n) is 13.4. The second-order valence-electron chi connectivity index (χ2n) is 6.79. The molecule has 6 heteroatoms. The lowest BCUT2D eigenvalue weighted by atomic mass is 9.83. The Bertz CT molecular complexity index is 471. The maximum atomic E-state index is 11.6. The fourth-order valence-electron chi connectivity index (χ4n) is 2.69. The summed E-state index contributed by atoms with van der Waals surface area (Å²) >= 11 is 0. The third kappa shape index (κ3) is 7.54. The van der Waals surface area contributed by atoms with Crippen molar-refractivity contribution in [3.8, 4) is 11.5 Å². The van der Waals surface area contributed by atoms with Crippen molar-refractivity contribution in [1.82, 2.24) is 5.32 Å². The Kier molecular flexibility index (Phi) is 5.73. The van der Waals surface area contributed by atoms with Gasteiger partial charge in [-0.3, -0.25) is 0 Å². The number of phenols is 1. The first-order valence-corrected chi connectivity index (χ1v) is 7.23. The predicted octanol–water partition coefficient (Wildman–Crippen LogP) is 4.61. The minimum absolute atomic E-state index is 0.267. The third-order valence-electron chi connectivity index (χ3n) is 3.33. The molecule has 1 aromatic carbocycles. The molecule has 1 saturated heterocycles. The summed E-state index contributed by atoms with van der Waals surface area (Å²) in [5.74, 6) is -0.695. The number of rotatable bonds is 1. The van der Waals surface area contributed by atoms with Crippen molar-refractivity contribution in [3.63, 3.8) is 0 Å². The molecule has 0 aliphatic carbocycles. The van der Waals surface area contributed by atoms with Crippen LogP contribution < -0.4 is 10.1 Å². The maximum absolute atomic E-state index is 11.6. The summed E-state index contributed by atoms with van der Waals surface area (Å²) in [6.45, 7) is 9.14. The Hall–Kier alpha value is -1.43. The Morgan fingerprint density at radius 3 is 2.00 bits per heavy atom. The zero-order valence-corrected chi connectivity index (χ0v) is 13.4. The van der Waals surface area contributed by atoms with Gasteiger partial charge in [0.25, 0.3) is 0 Å². The van der Waals surface area contributed by atoms with Gasteiger partial charge in [0, 0.05) is 17.1 Å².